The summed E-state index contributed by atoms with van der Waals surface area (Å²) in [5.74, 6) is 1.77. The molecule has 0 saturated carbocycles. The highest BCUT2D eigenvalue weighted by atomic mass is 32.2. The smallest absolute Gasteiger partial charge is 0.177 e. The Kier molecular flexibility index (Phi) is 3.98. The number of rotatable bonds is 4. The minimum Gasteiger partial charge on any atom is -0.497 e. The zero-order valence-corrected chi connectivity index (χ0v) is 11.0. The average molecular weight is 270 g/mol. The molecule has 0 aliphatic carbocycles. The highest BCUT2D eigenvalue weighted by Gasteiger charge is 2.00. The number of nitrogens with zero attached hydrogens (tertiary/aromatic N) is 1. The first-order valence-corrected chi connectivity index (χ1v) is 6.80. The maximum absolute atomic E-state index is 5.10. The second kappa shape index (κ2) is 5.47. The van der Waals surface area contributed by atoms with Crippen LogP contribution in [0.25, 0.3) is 0 Å². The van der Waals surface area contributed by atoms with E-state index in [-0.39, 0.29) is 0 Å². The van der Waals surface area contributed by atoms with E-state index in [4.69, 9.17) is 17.0 Å². The lowest BCUT2D eigenvalue weighted by Crippen LogP contribution is -1.84. The number of aromatic nitrogens is 2. The first kappa shape index (κ1) is 11.6. The molecule has 1 N–H and O–H groups in total. The quantitative estimate of drug-likeness (QED) is 0.681. The Hall–Kier alpha value is -0.850. The molecule has 0 saturated heterocycles. The molecule has 84 valence electrons. The molecule has 16 heavy (non-hydrogen) atoms. The second-order valence-electron chi connectivity index (χ2n) is 3.02. The number of thioether (sulfide) groups is 1. The van der Waals surface area contributed by atoms with Crippen LogP contribution < -0.4 is 4.74 Å². The number of H-pyrrole nitrogens is 1. The Morgan fingerprint density at radius 3 is 2.75 bits per heavy atom. The van der Waals surface area contributed by atoms with Crippen LogP contribution in [0, 0.1) is 3.95 Å². The summed E-state index contributed by atoms with van der Waals surface area (Å²) in [7, 11) is 1.67. The molecule has 0 unspecified atom stereocenters. The maximum atomic E-state index is 5.10. The number of ether oxygens (including phenoxy) is 1. The van der Waals surface area contributed by atoms with Crippen LogP contribution in [-0.2, 0) is 5.75 Å². The lowest BCUT2D eigenvalue weighted by molar-refractivity contribution is 0.414. The van der Waals surface area contributed by atoms with Gasteiger partial charge in [-0.1, -0.05) is 35.2 Å². The molecule has 1 heterocycles. The standard InChI is InChI=1S/C10H10N2OS3/c1-13-8-4-2-7(3-5-8)6-15-10-12-11-9(14)16-10/h2-5H,6H2,1H3,(H,11,14). The van der Waals surface area contributed by atoms with Gasteiger partial charge in [-0.3, -0.25) is 5.10 Å². The molecule has 0 bridgehead atoms. The number of aromatic amines is 1. The first-order valence-electron chi connectivity index (χ1n) is 4.59. The summed E-state index contributed by atoms with van der Waals surface area (Å²) in [6.07, 6.45) is 0. The monoisotopic (exact) mass is 270 g/mol. The molecule has 0 radical (unpaired) electrons. The third-order valence-electron chi connectivity index (χ3n) is 1.94. The summed E-state index contributed by atoms with van der Waals surface area (Å²) in [5.41, 5.74) is 1.24. The van der Waals surface area contributed by atoms with Gasteiger partial charge in [0.15, 0.2) is 8.29 Å². The Labute approximate surface area is 107 Å². The number of methoxy groups -OCH3 is 1. The zero-order valence-electron chi connectivity index (χ0n) is 8.60. The number of nitrogens with one attached hydrogen (secondary N) is 1. The van der Waals surface area contributed by atoms with Crippen LogP contribution in [0.4, 0.5) is 0 Å². The van der Waals surface area contributed by atoms with Crippen LogP contribution in [0.5, 0.6) is 5.75 Å². The third-order valence-corrected chi connectivity index (χ3v) is 4.24. The molecule has 0 aliphatic heterocycles. The van der Waals surface area contributed by atoms with Gasteiger partial charge in [0.25, 0.3) is 0 Å². The topological polar surface area (TPSA) is 37.9 Å². The summed E-state index contributed by atoms with van der Waals surface area (Å²) in [5, 5.41) is 6.86. The van der Waals surface area contributed by atoms with E-state index in [1.54, 1.807) is 18.9 Å². The Morgan fingerprint density at radius 1 is 1.44 bits per heavy atom. The van der Waals surface area contributed by atoms with Crippen molar-refractivity contribution in [2.24, 2.45) is 0 Å². The molecule has 0 spiro atoms. The van der Waals surface area contributed by atoms with E-state index in [0.29, 0.717) is 0 Å². The van der Waals surface area contributed by atoms with Crippen molar-refractivity contribution in [2.75, 3.05) is 7.11 Å². The van der Waals surface area contributed by atoms with Gasteiger partial charge in [-0.25, -0.2) is 0 Å². The molecule has 0 amide bonds. The number of hydrogen-bond donors (Lipinski definition) is 1. The van der Waals surface area contributed by atoms with Crippen molar-refractivity contribution in [3.63, 3.8) is 0 Å². The molecule has 6 heteroatoms. The fraction of sp³-hybridized carbons (Fsp3) is 0.200. The van der Waals surface area contributed by atoms with Gasteiger partial charge in [-0.15, -0.1) is 0 Å². The SMILES string of the molecule is COc1ccc(CSc2n[nH]c(=S)s2)cc1. The van der Waals surface area contributed by atoms with Gasteiger partial charge in [-0.05, 0) is 29.9 Å². The number of benzene rings is 1. The molecule has 0 atom stereocenters. The summed E-state index contributed by atoms with van der Waals surface area (Å²) in [4.78, 5) is 0. The minimum atomic E-state index is 0.720. The van der Waals surface area contributed by atoms with Crippen molar-refractivity contribution in [3.05, 3.63) is 33.8 Å². The van der Waals surface area contributed by atoms with Gasteiger partial charge < -0.3 is 4.74 Å². The minimum absolute atomic E-state index is 0.720. The molecule has 0 aliphatic rings. The molecule has 0 fully saturated rings. The van der Waals surface area contributed by atoms with Crippen molar-refractivity contribution in [2.45, 2.75) is 10.1 Å². The van der Waals surface area contributed by atoms with Gasteiger partial charge >= 0.3 is 0 Å². The van der Waals surface area contributed by atoms with E-state index in [1.165, 1.54) is 16.9 Å². The average Bonchev–Trinajstić information content (AvgIpc) is 2.73. The van der Waals surface area contributed by atoms with Crippen molar-refractivity contribution < 1.29 is 4.74 Å². The molecule has 1 aromatic heterocycles. The molecule has 2 rings (SSSR count). The largest absolute Gasteiger partial charge is 0.497 e. The lowest BCUT2D eigenvalue weighted by Gasteiger charge is -2.01. The molecule has 3 nitrogen and oxygen atoms in total. The molecular formula is C10H10N2OS3. The van der Waals surface area contributed by atoms with Crippen LogP contribution in [0.3, 0.4) is 0 Å². The fourth-order valence-corrected chi connectivity index (χ4v) is 3.18. The van der Waals surface area contributed by atoms with Crippen LogP contribution in [0.15, 0.2) is 28.6 Å². The van der Waals surface area contributed by atoms with E-state index in [2.05, 4.69) is 22.3 Å². The van der Waals surface area contributed by atoms with Gasteiger partial charge in [0.2, 0.25) is 0 Å². The van der Waals surface area contributed by atoms with Crippen LogP contribution in [-0.4, -0.2) is 17.3 Å². The van der Waals surface area contributed by atoms with Crippen LogP contribution >= 0.6 is 35.3 Å². The normalized spacial score (nSPS) is 10.3. The van der Waals surface area contributed by atoms with Crippen LogP contribution in [0.2, 0.25) is 0 Å². The molecular weight excluding hydrogens is 260 g/mol. The third kappa shape index (κ3) is 3.07. The van der Waals surface area contributed by atoms with Crippen molar-refractivity contribution in [1.82, 2.24) is 10.2 Å². The molecule has 2 aromatic rings. The zero-order chi connectivity index (χ0) is 11.4. The summed E-state index contributed by atoms with van der Waals surface area (Å²) in [6.45, 7) is 0. The Balaban J connectivity index is 1.96. The number of hydrogen-bond acceptors (Lipinski definition) is 5. The highest BCUT2D eigenvalue weighted by Crippen LogP contribution is 2.25. The lowest BCUT2D eigenvalue weighted by atomic mass is 10.2. The summed E-state index contributed by atoms with van der Waals surface area (Å²) < 4.78 is 6.79. The van der Waals surface area contributed by atoms with Crippen molar-refractivity contribution >= 4 is 35.3 Å². The first-order chi connectivity index (χ1) is 7.78. The van der Waals surface area contributed by atoms with Gasteiger partial charge in [-0.2, -0.15) is 5.10 Å². The predicted octanol–water partition coefficient (Wildman–Crippen LogP) is 3.50. The van der Waals surface area contributed by atoms with Crippen molar-refractivity contribution in [3.8, 4) is 5.75 Å². The second-order valence-corrected chi connectivity index (χ2v) is 5.90. The van der Waals surface area contributed by atoms with Gasteiger partial charge in [0.05, 0.1) is 7.11 Å². The highest BCUT2D eigenvalue weighted by molar-refractivity contribution is 8.00. The van der Waals surface area contributed by atoms with E-state index >= 15 is 0 Å². The van der Waals surface area contributed by atoms with E-state index in [1.807, 2.05) is 12.1 Å². The Bertz CT molecular complexity index is 503. The molecule has 1 aromatic carbocycles. The maximum Gasteiger partial charge on any atom is 0.177 e. The summed E-state index contributed by atoms with van der Waals surface area (Å²) in [6, 6.07) is 8.03. The van der Waals surface area contributed by atoms with E-state index < -0.39 is 0 Å². The van der Waals surface area contributed by atoms with E-state index in [9.17, 15) is 0 Å². The van der Waals surface area contributed by atoms with Crippen LogP contribution in [0.1, 0.15) is 5.56 Å². The Morgan fingerprint density at radius 2 is 2.19 bits per heavy atom. The predicted molar refractivity (Wildman–Crippen MR) is 69.9 cm³/mol. The van der Waals surface area contributed by atoms with Crippen molar-refractivity contribution in [1.29, 1.82) is 0 Å². The fourth-order valence-electron chi connectivity index (χ4n) is 1.14. The van der Waals surface area contributed by atoms with E-state index in [0.717, 1.165) is 19.8 Å². The van der Waals surface area contributed by atoms with Gasteiger partial charge in [0.1, 0.15) is 5.75 Å². The van der Waals surface area contributed by atoms with Gasteiger partial charge in [0, 0.05) is 5.75 Å². The summed E-state index contributed by atoms with van der Waals surface area (Å²) >= 11 is 8.14.